The van der Waals surface area contributed by atoms with Crippen molar-refractivity contribution in [1.82, 2.24) is 5.32 Å². The number of hydrogen-bond donors (Lipinski definition) is 2. The van der Waals surface area contributed by atoms with Crippen LogP contribution >= 0.6 is 7.82 Å². The van der Waals surface area contributed by atoms with Gasteiger partial charge in [-0.3, -0.25) is 9.36 Å². The number of likely N-dealkylation sites (N-methyl/N-ethyl adjacent to an activating group) is 1. The quantitative estimate of drug-likeness (QED) is 0.0273. The van der Waals surface area contributed by atoms with Gasteiger partial charge < -0.3 is 28.8 Å². The third-order valence-corrected chi connectivity index (χ3v) is 12.8. The Morgan fingerprint density at radius 1 is 0.548 bits per heavy atom. The molecule has 3 unspecified atom stereocenters. The van der Waals surface area contributed by atoms with Crippen LogP contribution in [0.5, 0.6) is 0 Å². The van der Waals surface area contributed by atoms with Gasteiger partial charge in [-0.15, -0.1) is 0 Å². The average molecular weight is 895 g/mol. The van der Waals surface area contributed by atoms with Crippen LogP contribution in [0, 0.1) is 0 Å². The molecule has 0 aromatic carbocycles. The van der Waals surface area contributed by atoms with E-state index >= 15 is 0 Å². The molecule has 3 atom stereocenters. The van der Waals surface area contributed by atoms with Gasteiger partial charge in [0.1, 0.15) is 13.2 Å². The zero-order valence-electron chi connectivity index (χ0n) is 41.6. The first kappa shape index (κ1) is 60.7. The van der Waals surface area contributed by atoms with E-state index < -0.39 is 26.6 Å². The van der Waals surface area contributed by atoms with E-state index in [1.54, 1.807) is 6.08 Å². The largest absolute Gasteiger partial charge is 0.756 e. The number of phosphoric acid groups is 1. The molecule has 0 saturated heterocycles. The normalized spacial score (nSPS) is 14.4. The van der Waals surface area contributed by atoms with Crippen LogP contribution in [0.4, 0.5) is 0 Å². The predicted octanol–water partition coefficient (Wildman–Crippen LogP) is 14.8. The molecule has 0 bridgehead atoms. The van der Waals surface area contributed by atoms with Crippen molar-refractivity contribution in [2.45, 2.75) is 257 Å². The van der Waals surface area contributed by atoms with Crippen molar-refractivity contribution in [2.24, 2.45) is 0 Å². The van der Waals surface area contributed by atoms with Gasteiger partial charge in [-0.05, 0) is 44.9 Å². The second-order valence-corrected chi connectivity index (χ2v) is 20.6. The fourth-order valence-electron chi connectivity index (χ4n) is 7.66. The molecule has 9 heteroatoms. The summed E-state index contributed by atoms with van der Waals surface area (Å²) in [6.07, 6.45) is 56.4. The number of allylic oxidation sites excluding steroid dienone is 5. The molecule has 0 aliphatic rings. The Morgan fingerprint density at radius 3 is 1.31 bits per heavy atom. The lowest BCUT2D eigenvalue weighted by molar-refractivity contribution is -0.870. The van der Waals surface area contributed by atoms with E-state index in [2.05, 4.69) is 43.5 Å². The molecule has 2 N–H and O–H groups in total. The van der Waals surface area contributed by atoms with E-state index in [4.69, 9.17) is 9.05 Å². The number of quaternary nitrogens is 1. The Hall–Kier alpha value is -1.28. The molecule has 0 aliphatic heterocycles. The van der Waals surface area contributed by atoms with Gasteiger partial charge in [0.25, 0.3) is 7.82 Å². The van der Waals surface area contributed by atoms with E-state index in [-0.39, 0.29) is 12.5 Å². The summed E-state index contributed by atoms with van der Waals surface area (Å²) < 4.78 is 23.2. The number of hydrogen-bond acceptors (Lipinski definition) is 6. The van der Waals surface area contributed by atoms with E-state index in [1.807, 2.05) is 27.2 Å². The molecule has 0 radical (unpaired) electrons. The number of nitrogens with one attached hydrogen (secondary N) is 1. The minimum atomic E-state index is -4.60. The maximum absolute atomic E-state index is 12.9. The molecular formula is C53H103N2O6P. The van der Waals surface area contributed by atoms with E-state index in [0.29, 0.717) is 17.4 Å². The fraction of sp³-hybridized carbons (Fsp3) is 0.868. The monoisotopic (exact) mass is 895 g/mol. The van der Waals surface area contributed by atoms with Crippen LogP contribution in [-0.4, -0.2) is 68.5 Å². The van der Waals surface area contributed by atoms with Crippen molar-refractivity contribution in [3.63, 3.8) is 0 Å². The third-order valence-electron chi connectivity index (χ3n) is 11.8. The summed E-state index contributed by atoms with van der Waals surface area (Å²) in [5.41, 5.74) is 0. The Morgan fingerprint density at radius 2 is 0.903 bits per heavy atom. The third kappa shape index (κ3) is 46.7. The number of amides is 1. The van der Waals surface area contributed by atoms with E-state index in [9.17, 15) is 19.4 Å². The van der Waals surface area contributed by atoms with Crippen molar-refractivity contribution in [3.8, 4) is 0 Å². The van der Waals surface area contributed by atoms with Crippen LogP contribution in [0.15, 0.2) is 36.5 Å². The molecular weight excluding hydrogens is 792 g/mol. The summed E-state index contributed by atoms with van der Waals surface area (Å²) in [5.74, 6) is -0.208. The smallest absolute Gasteiger partial charge is 0.268 e. The average Bonchev–Trinajstić information content (AvgIpc) is 3.23. The molecule has 62 heavy (non-hydrogen) atoms. The molecule has 0 saturated carbocycles. The van der Waals surface area contributed by atoms with Crippen molar-refractivity contribution in [3.05, 3.63) is 36.5 Å². The topological polar surface area (TPSA) is 108 Å². The lowest BCUT2D eigenvalue weighted by Crippen LogP contribution is -2.45. The highest BCUT2D eigenvalue weighted by Crippen LogP contribution is 2.38. The minimum absolute atomic E-state index is 0.00766. The number of carbonyl (C=O) groups is 1. The highest BCUT2D eigenvalue weighted by molar-refractivity contribution is 7.45. The highest BCUT2D eigenvalue weighted by Gasteiger charge is 2.23. The Bertz CT molecular complexity index is 1110. The van der Waals surface area contributed by atoms with E-state index in [1.165, 1.54) is 180 Å². The summed E-state index contributed by atoms with van der Waals surface area (Å²) in [6.45, 7) is 4.62. The van der Waals surface area contributed by atoms with Crippen molar-refractivity contribution in [2.75, 3.05) is 40.9 Å². The summed E-state index contributed by atoms with van der Waals surface area (Å²) >= 11 is 0. The van der Waals surface area contributed by atoms with Gasteiger partial charge in [0, 0.05) is 6.42 Å². The first-order valence-electron chi connectivity index (χ1n) is 26.4. The SMILES string of the molecule is CCCCCCC/C=C/CC/C=C/CC/C=C/C(O)C(COP(=O)([O-])OCC[N+](C)(C)C)NC(=O)CCCCCCCCCCCCCCCCCCCCCCCCCCC. The zero-order chi connectivity index (χ0) is 45.7. The van der Waals surface area contributed by atoms with Crippen LogP contribution in [0.1, 0.15) is 245 Å². The van der Waals surface area contributed by atoms with Gasteiger partial charge in [-0.2, -0.15) is 0 Å². The molecule has 366 valence electrons. The number of aliphatic hydroxyl groups is 1. The van der Waals surface area contributed by atoms with Crippen LogP contribution in [-0.2, 0) is 18.4 Å². The van der Waals surface area contributed by atoms with Crippen molar-refractivity contribution in [1.29, 1.82) is 0 Å². The van der Waals surface area contributed by atoms with Gasteiger partial charge in [0.05, 0.1) is 39.9 Å². The zero-order valence-corrected chi connectivity index (χ0v) is 42.5. The number of unbranched alkanes of at least 4 members (excludes halogenated alkanes) is 31. The van der Waals surface area contributed by atoms with Crippen LogP contribution in [0.25, 0.3) is 0 Å². The molecule has 0 spiro atoms. The number of carbonyl (C=O) groups excluding carboxylic acids is 1. The Labute approximate surface area is 385 Å². The molecule has 0 rings (SSSR count). The maximum Gasteiger partial charge on any atom is 0.268 e. The first-order valence-corrected chi connectivity index (χ1v) is 27.8. The molecule has 0 heterocycles. The maximum atomic E-state index is 12.9. The van der Waals surface area contributed by atoms with Crippen LogP contribution in [0.2, 0.25) is 0 Å². The molecule has 8 nitrogen and oxygen atoms in total. The van der Waals surface area contributed by atoms with Crippen molar-refractivity contribution >= 4 is 13.7 Å². The lowest BCUT2D eigenvalue weighted by atomic mass is 10.0. The Balaban J connectivity index is 4.22. The standard InChI is InChI=1S/C53H103N2O6P/c1-6-8-10-12-14-16-18-20-22-23-24-25-26-27-28-29-30-31-33-35-37-39-41-43-45-47-53(57)54-51(50-61-62(58,59)60-49-48-55(3,4)5)52(56)46-44-42-40-38-36-34-32-21-19-17-15-13-11-9-7-2/h19,21,36,38,44,46,51-52,56H,6-18,20,22-35,37,39-43,45,47-50H2,1-5H3,(H-,54,57,58,59)/b21-19+,38-36+,46-44+. The number of nitrogens with zero attached hydrogens (tertiary/aromatic N) is 1. The number of rotatable bonds is 48. The second kappa shape index (κ2) is 44.9. The number of phosphoric ester groups is 1. The van der Waals surface area contributed by atoms with Crippen LogP contribution in [0.3, 0.4) is 0 Å². The molecule has 0 aliphatic carbocycles. The summed E-state index contributed by atoms with van der Waals surface area (Å²) in [4.78, 5) is 25.4. The Kier molecular flexibility index (Phi) is 44.0. The fourth-order valence-corrected chi connectivity index (χ4v) is 8.38. The van der Waals surface area contributed by atoms with Gasteiger partial charge in [-0.25, -0.2) is 0 Å². The highest BCUT2D eigenvalue weighted by atomic mass is 31.2. The van der Waals surface area contributed by atoms with Crippen LogP contribution < -0.4 is 10.2 Å². The summed E-state index contributed by atoms with van der Waals surface area (Å²) in [5, 5.41) is 13.8. The van der Waals surface area contributed by atoms with Gasteiger partial charge in [0.15, 0.2) is 0 Å². The molecule has 0 fully saturated rings. The number of aliphatic hydroxyl groups excluding tert-OH is 1. The minimum Gasteiger partial charge on any atom is -0.756 e. The lowest BCUT2D eigenvalue weighted by Gasteiger charge is -2.29. The molecule has 0 aromatic heterocycles. The predicted molar refractivity (Wildman–Crippen MR) is 265 cm³/mol. The van der Waals surface area contributed by atoms with Crippen molar-refractivity contribution < 1.29 is 32.9 Å². The second-order valence-electron chi connectivity index (χ2n) is 19.2. The summed E-state index contributed by atoms with van der Waals surface area (Å²) in [6, 6.07) is -0.906. The molecule has 1 amide bonds. The van der Waals surface area contributed by atoms with E-state index in [0.717, 1.165) is 44.9 Å². The summed E-state index contributed by atoms with van der Waals surface area (Å²) in [7, 11) is 1.24. The molecule has 0 aromatic rings. The van der Waals surface area contributed by atoms with Gasteiger partial charge >= 0.3 is 0 Å². The van der Waals surface area contributed by atoms with Gasteiger partial charge in [-0.1, -0.05) is 230 Å². The first-order chi connectivity index (χ1) is 30.0. The van der Waals surface area contributed by atoms with Gasteiger partial charge in [0.2, 0.25) is 5.91 Å².